The molecule has 1 atom stereocenters. The molecule has 0 spiro atoms. The Morgan fingerprint density at radius 1 is 1.44 bits per heavy atom. The molecule has 0 aliphatic carbocycles. The van der Waals surface area contributed by atoms with Crippen molar-refractivity contribution in [3.8, 4) is 0 Å². The molecule has 0 radical (unpaired) electrons. The van der Waals surface area contributed by atoms with E-state index < -0.39 is 0 Å². The van der Waals surface area contributed by atoms with Crippen molar-refractivity contribution in [2.75, 3.05) is 18.5 Å². The van der Waals surface area contributed by atoms with Crippen LogP contribution in [0.5, 0.6) is 0 Å². The van der Waals surface area contributed by atoms with Crippen LogP contribution in [0.25, 0.3) is 0 Å². The van der Waals surface area contributed by atoms with E-state index in [1.807, 2.05) is 13.1 Å². The second kappa shape index (κ2) is 5.21. The molecule has 16 heavy (non-hydrogen) atoms. The SMILES string of the molecule is CNC1CCCCN1c1cnc(Cl)c(Cl)c1. The highest BCUT2D eigenvalue weighted by atomic mass is 35.5. The normalized spacial score (nSPS) is 21.2. The van der Waals surface area contributed by atoms with Crippen molar-refractivity contribution < 1.29 is 0 Å². The molecule has 1 N–H and O–H groups in total. The van der Waals surface area contributed by atoms with Crippen LogP contribution < -0.4 is 10.2 Å². The molecule has 1 aliphatic rings. The monoisotopic (exact) mass is 259 g/mol. The fourth-order valence-corrected chi connectivity index (χ4v) is 2.37. The van der Waals surface area contributed by atoms with Gasteiger partial charge in [-0.15, -0.1) is 0 Å². The van der Waals surface area contributed by atoms with Crippen molar-refractivity contribution in [1.82, 2.24) is 10.3 Å². The Morgan fingerprint density at radius 2 is 2.25 bits per heavy atom. The molecule has 0 amide bonds. The van der Waals surface area contributed by atoms with Crippen LogP contribution in [0.2, 0.25) is 10.2 Å². The fourth-order valence-electron chi connectivity index (χ4n) is 2.11. The van der Waals surface area contributed by atoms with Crippen molar-refractivity contribution in [2.45, 2.75) is 25.4 Å². The average Bonchev–Trinajstić information content (AvgIpc) is 2.32. The molecule has 5 heteroatoms. The summed E-state index contributed by atoms with van der Waals surface area (Å²) < 4.78 is 0. The molecule has 1 saturated heterocycles. The third kappa shape index (κ3) is 2.42. The zero-order valence-corrected chi connectivity index (χ0v) is 10.7. The Hall–Kier alpha value is -0.510. The van der Waals surface area contributed by atoms with Gasteiger partial charge in [-0.3, -0.25) is 0 Å². The van der Waals surface area contributed by atoms with Gasteiger partial charge in [0.25, 0.3) is 0 Å². The highest BCUT2D eigenvalue weighted by molar-refractivity contribution is 6.41. The number of nitrogens with zero attached hydrogens (tertiary/aromatic N) is 2. The molecule has 0 saturated carbocycles. The summed E-state index contributed by atoms with van der Waals surface area (Å²) in [7, 11) is 1.98. The Kier molecular flexibility index (Phi) is 3.90. The molecule has 2 rings (SSSR count). The summed E-state index contributed by atoms with van der Waals surface area (Å²) in [4.78, 5) is 6.38. The lowest BCUT2D eigenvalue weighted by molar-refractivity contribution is 0.418. The maximum absolute atomic E-state index is 5.98. The molecule has 1 unspecified atom stereocenters. The maximum atomic E-state index is 5.98. The highest BCUT2D eigenvalue weighted by Gasteiger charge is 2.21. The lowest BCUT2D eigenvalue weighted by Gasteiger charge is -2.37. The number of rotatable bonds is 2. The lowest BCUT2D eigenvalue weighted by atomic mass is 10.1. The van der Waals surface area contributed by atoms with Gasteiger partial charge in [-0.1, -0.05) is 23.2 Å². The smallest absolute Gasteiger partial charge is 0.147 e. The standard InChI is InChI=1S/C11H15Cl2N3/c1-14-10-4-2-3-5-16(10)8-6-9(12)11(13)15-7-8/h6-7,10,14H,2-5H2,1H3. The van der Waals surface area contributed by atoms with Gasteiger partial charge >= 0.3 is 0 Å². The fraction of sp³-hybridized carbons (Fsp3) is 0.545. The first kappa shape index (κ1) is 12.0. The Balaban J connectivity index is 2.23. The Bertz CT molecular complexity index is 370. The highest BCUT2D eigenvalue weighted by Crippen LogP contribution is 2.28. The van der Waals surface area contributed by atoms with Crippen LogP contribution in [0, 0.1) is 0 Å². The number of piperidine rings is 1. The third-order valence-electron chi connectivity index (χ3n) is 2.95. The summed E-state index contributed by atoms with van der Waals surface area (Å²) in [5, 5.41) is 4.19. The van der Waals surface area contributed by atoms with Crippen molar-refractivity contribution in [2.24, 2.45) is 0 Å². The van der Waals surface area contributed by atoms with Gasteiger partial charge in [0, 0.05) is 6.54 Å². The van der Waals surface area contributed by atoms with Crippen molar-refractivity contribution in [3.05, 3.63) is 22.4 Å². The number of aromatic nitrogens is 1. The molecule has 2 heterocycles. The van der Waals surface area contributed by atoms with Crippen LogP contribution in [-0.4, -0.2) is 24.7 Å². The Morgan fingerprint density at radius 3 is 2.94 bits per heavy atom. The minimum Gasteiger partial charge on any atom is -0.355 e. The van der Waals surface area contributed by atoms with Crippen molar-refractivity contribution in [1.29, 1.82) is 0 Å². The van der Waals surface area contributed by atoms with Gasteiger partial charge in [0.15, 0.2) is 0 Å². The molecular formula is C11H15Cl2N3. The number of hydrogen-bond acceptors (Lipinski definition) is 3. The Labute approximate surface area is 106 Å². The topological polar surface area (TPSA) is 28.2 Å². The molecule has 1 aromatic heterocycles. The second-order valence-electron chi connectivity index (χ2n) is 3.96. The minimum atomic E-state index is 0.364. The van der Waals surface area contributed by atoms with E-state index in [-0.39, 0.29) is 0 Å². The van der Waals surface area contributed by atoms with E-state index in [1.54, 1.807) is 6.20 Å². The third-order valence-corrected chi connectivity index (χ3v) is 3.64. The predicted octanol–water partition coefficient (Wildman–Crippen LogP) is 2.92. The van der Waals surface area contributed by atoms with Crippen molar-refractivity contribution >= 4 is 28.9 Å². The van der Waals surface area contributed by atoms with Gasteiger partial charge in [-0.05, 0) is 32.4 Å². The molecule has 1 aliphatic heterocycles. The van der Waals surface area contributed by atoms with Gasteiger partial charge in [0.1, 0.15) is 5.15 Å². The average molecular weight is 260 g/mol. The maximum Gasteiger partial charge on any atom is 0.147 e. The van der Waals surface area contributed by atoms with E-state index >= 15 is 0 Å². The molecule has 88 valence electrons. The van der Waals surface area contributed by atoms with E-state index in [0.29, 0.717) is 16.3 Å². The summed E-state index contributed by atoms with van der Waals surface area (Å²) in [5.41, 5.74) is 1.04. The molecule has 0 bridgehead atoms. The number of anilines is 1. The van der Waals surface area contributed by atoms with E-state index in [2.05, 4.69) is 15.2 Å². The predicted molar refractivity (Wildman–Crippen MR) is 68.3 cm³/mol. The number of halogens is 2. The van der Waals surface area contributed by atoms with Gasteiger partial charge in [-0.2, -0.15) is 0 Å². The van der Waals surface area contributed by atoms with Gasteiger partial charge < -0.3 is 10.2 Å². The van der Waals surface area contributed by atoms with Crippen LogP contribution in [-0.2, 0) is 0 Å². The van der Waals surface area contributed by atoms with Gasteiger partial charge in [0.2, 0.25) is 0 Å². The first-order valence-corrected chi connectivity index (χ1v) is 6.23. The largest absolute Gasteiger partial charge is 0.355 e. The molecule has 0 aromatic carbocycles. The van der Waals surface area contributed by atoms with E-state index in [1.165, 1.54) is 12.8 Å². The first-order valence-electron chi connectivity index (χ1n) is 5.47. The first-order chi connectivity index (χ1) is 7.72. The summed E-state index contributed by atoms with van der Waals surface area (Å²) in [5.74, 6) is 0. The van der Waals surface area contributed by atoms with Gasteiger partial charge in [0.05, 0.1) is 23.1 Å². The number of pyridine rings is 1. The zero-order valence-electron chi connectivity index (χ0n) is 9.21. The lowest BCUT2D eigenvalue weighted by Crippen LogP contribution is -2.47. The number of hydrogen-bond donors (Lipinski definition) is 1. The van der Waals surface area contributed by atoms with Gasteiger partial charge in [-0.25, -0.2) is 4.98 Å². The summed E-state index contributed by atoms with van der Waals surface area (Å²) >= 11 is 11.8. The molecule has 1 aromatic rings. The second-order valence-corrected chi connectivity index (χ2v) is 4.73. The minimum absolute atomic E-state index is 0.364. The van der Waals surface area contributed by atoms with Crippen LogP contribution in [0.3, 0.4) is 0 Å². The van der Waals surface area contributed by atoms with Crippen molar-refractivity contribution in [3.63, 3.8) is 0 Å². The molecule has 1 fully saturated rings. The summed E-state index contributed by atoms with van der Waals surface area (Å²) in [6.45, 7) is 1.03. The van der Waals surface area contributed by atoms with Crippen LogP contribution in [0.1, 0.15) is 19.3 Å². The molecular weight excluding hydrogens is 245 g/mol. The van der Waals surface area contributed by atoms with E-state index in [0.717, 1.165) is 18.7 Å². The zero-order chi connectivity index (χ0) is 11.5. The summed E-state index contributed by atoms with van der Waals surface area (Å²) in [6.07, 6.45) is 5.77. The van der Waals surface area contributed by atoms with Crippen LogP contribution >= 0.6 is 23.2 Å². The molecule has 3 nitrogen and oxygen atoms in total. The summed E-state index contributed by atoms with van der Waals surface area (Å²) in [6, 6.07) is 1.88. The van der Waals surface area contributed by atoms with Crippen LogP contribution in [0.4, 0.5) is 5.69 Å². The van der Waals surface area contributed by atoms with Crippen LogP contribution in [0.15, 0.2) is 12.3 Å². The van der Waals surface area contributed by atoms with E-state index in [4.69, 9.17) is 23.2 Å². The quantitative estimate of drug-likeness (QED) is 0.829. The number of nitrogens with one attached hydrogen (secondary N) is 1. The van der Waals surface area contributed by atoms with E-state index in [9.17, 15) is 0 Å².